The van der Waals surface area contributed by atoms with Crippen LogP contribution in [0, 0.1) is 22.2 Å². The van der Waals surface area contributed by atoms with Crippen LogP contribution in [0.2, 0.25) is 5.02 Å². The minimum Gasteiger partial charge on any atom is -0.368 e. The van der Waals surface area contributed by atoms with Gasteiger partial charge in [0.25, 0.3) is 6.43 Å². The standard InChI is InChI=1S/C55H66ClF2N13O/c1-36-28-55(35-70(36)42-7-6-39(29-59)47(56)26-42)17-23-66(24-18-55)50-8-9-51(62-61-50)68-32-43(33-68)65-21-15-54(16-22-65)13-10-41(11-14-54)71-48-12-20-67(37(2)72)34-46(48)53(63-71)69-19-4-5-38-25-44(40-30-60-64(3)31-40)45(52(57)58)27-49(38)69/h6-9,25-27,30-31,36,41,43,52H,4-5,10-24,28,32-35H2,1-3H3/t36-/m0/s1. The maximum absolute atomic E-state index is 14.8. The Morgan fingerprint density at radius 1 is 0.875 bits per heavy atom. The minimum atomic E-state index is -2.64. The lowest BCUT2D eigenvalue weighted by Crippen LogP contribution is -2.62. The number of carbonyl (C=O) groups is 1. The minimum absolute atomic E-state index is 0.00840. The second-order valence-corrected chi connectivity index (χ2v) is 22.8. The fourth-order valence-electron chi connectivity index (χ4n) is 13.9. The number of rotatable bonds is 8. The molecule has 5 aromatic rings. The Balaban J connectivity index is 0.652. The highest BCUT2D eigenvalue weighted by atomic mass is 35.5. The van der Waals surface area contributed by atoms with Gasteiger partial charge in [-0.15, -0.1) is 10.2 Å². The van der Waals surface area contributed by atoms with Crippen molar-refractivity contribution in [1.82, 2.24) is 39.6 Å². The van der Waals surface area contributed by atoms with Gasteiger partial charge in [0.1, 0.15) is 6.07 Å². The third-order valence-corrected chi connectivity index (χ3v) is 18.6. The van der Waals surface area contributed by atoms with Crippen LogP contribution in [0.5, 0.6) is 0 Å². The number of alkyl halides is 2. The Kier molecular flexibility index (Phi) is 12.2. The summed E-state index contributed by atoms with van der Waals surface area (Å²) in [5.74, 6) is 2.80. The predicted octanol–water partition coefficient (Wildman–Crippen LogP) is 9.50. The van der Waals surface area contributed by atoms with Crippen LogP contribution in [0.15, 0.2) is 54.9 Å². The van der Waals surface area contributed by atoms with Gasteiger partial charge in [-0.1, -0.05) is 11.6 Å². The number of nitrogens with zero attached hydrogens (tertiary/aromatic N) is 13. The van der Waals surface area contributed by atoms with E-state index in [9.17, 15) is 18.8 Å². The molecule has 17 heteroatoms. The van der Waals surface area contributed by atoms with E-state index in [0.717, 1.165) is 137 Å². The maximum atomic E-state index is 14.8. The van der Waals surface area contributed by atoms with Gasteiger partial charge in [-0.05, 0) is 155 Å². The fourth-order valence-corrected chi connectivity index (χ4v) is 14.2. The van der Waals surface area contributed by atoms with Crippen LogP contribution in [-0.4, -0.2) is 116 Å². The second kappa shape index (κ2) is 18.6. The number of piperidine rings is 2. The third kappa shape index (κ3) is 8.55. The molecule has 14 nitrogen and oxygen atoms in total. The molecule has 3 aromatic heterocycles. The Morgan fingerprint density at radius 3 is 2.28 bits per heavy atom. The highest BCUT2D eigenvalue weighted by Gasteiger charge is 2.46. The van der Waals surface area contributed by atoms with Gasteiger partial charge >= 0.3 is 0 Å². The Hall–Kier alpha value is -5.79. The van der Waals surface area contributed by atoms with Crippen LogP contribution in [-0.2, 0) is 31.2 Å². The van der Waals surface area contributed by atoms with E-state index in [4.69, 9.17) is 26.9 Å². The van der Waals surface area contributed by atoms with Gasteiger partial charge in [-0.25, -0.2) is 8.78 Å². The number of carbonyl (C=O) groups excluding carboxylic acids is 1. The molecule has 12 rings (SSSR count). The summed E-state index contributed by atoms with van der Waals surface area (Å²) in [6.45, 7) is 12.9. The van der Waals surface area contributed by atoms with Crippen molar-refractivity contribution in [1.29, 1.82) is 5.26 Å². The zero-order valence-corrected chi connectivity index (χ0v) is 42.7. The highest BCUT2D eigenvalue weighted by Crippen LogP contribution is 2.51. The van der Waals surface area contributed by atoms with Crippen molar-refractivity contribution in [3.05, 3.63) is 87.8 Å². The van der Waals surface area contributed by atoms with Gasteiger partial charge in [0.15, 0.2) is 17.5 Å². The summed E-state index contributed by atoms with van der Waals surface area (Å²) in [6.07, 6.45) is 13.6. The number of amides is 1. The quantitative estimate of drug-likeness (QED) is 0.148. The van der Waals surface area contributed by atoms with Gasteiger partial charge in [0, 0.05) is 118 Å². The molecule has 72 heavy (non-hydrogen) atoms. The molecular weight excluding hydrogens is 932 g/mol. The van der Waals surface area contributed by atoms with E-state index < -0.39 is 6.43 Å². The number of hydrogen-bond donors (Lipinski definition) is 0. The summed E-state index contributed by atoms with van der Waals surface area (Å²) in [5, 5.41) is 29.1. The molecule has 9 heterocycles. The molecule has 7 aliphatic rings. The summed E-state index contributed by atoms with van der Waals surface area (Å²) >= 11 is 6.42. The molecule has 6 aliphatic heterocycles. The van der Waals surface area contributed by atoms with Crippen LogP contribution >= 0.6 is 11.6 Å². The number of anilines is 5. The topological polar surface area (TPSA) is 122 Å². The van der Waals surface area contributed by atoms with Crippen LogP contribution in [0.1, 0.15) is 118 Å². The van der Waals surface area contributed by atoms with E-state index in [0.29, 0.717) is 58.8 Å². The van der Waals surface area contributed by atoms with Crippen molar-refractivity contribution in [2.45, 2.75) is 122 Å². The first-order valence-corrected chi connectivity index (χ1v) is 26.8. The van der Waals surface area contributed by atoms with Crippen LogP contribution in [0.4, 0.5) is 37.6 Å². The average molecular weight is 999 g/mol. The zero-order chi connectivity index (χ0) is 49.5. The molecule has 1 amide bonds. The molecule has 0 bridgehead atoms. The maximum Gasteiger partial charge on any atom is 0.264 e. The molecular formula is C55H66ClF2N13O. The SMILES string of the molecule is CC(=O)N1CCc2c(c(N3CCCc4cc(-c5cnn(C)c5)c(C(F)F)cc43)nn2C2CCC3(CC2)CCN(C2CN(c4ccc(N5CCC6(CC5)C[C@H](C)N(c5ccc(C#N)c(Cl)c5)C6)nn4)C2)CC3)C1. The smallest absolute Gasteiger partial charge is 0.264 e. The van der Waals surface area contributed by atoms with E-state index >= 15 is 0 Å². The largest absolute Gasteiger partial charge is 0.368 e. The number of aromatic nitrogens is 6. The van der Waals surface area contributed by atoms with E-state index in [1.807, 2.05) is 29.2 Å². The number of nitriles is 1. The average Bonchev–Trinajstić information content (AvgIpc) is 4.08. The highest BCUT2D eigenvalue weighted by molar-refractivity contribution is 6.32. The molecule has 0 N–H and O–H groups in total. The lowest BCUT2D eigenvalue weighted by molar-refractivity contribution is -0.129. The van der Waals surface area contributed by atoms with Gasteiger partial charge in [-0.3, -0.25) is 19.1 Å². The first-order chi connectivity index (χ1) is 34.8. The van der Waals surface area contributed by atoms with Gasteiger partial charge in [-0.2, -0.15) is 15.5 Å². The molecule has 1 saturated carbocycles. The molecule has 1 atom stereocenters. The van der Waals surface area contributed by atoms with Crippen molar-refractivity contribution < 1.29 is 13.6 Å². The Labute approximate surface area is 426 Å². The molecule has 4 saturated heterocycles. The van der Waals surface area contributed by atoms with Crippen molar-refractivity contribution in [2.75, 3.05) is 78.5 Å². The van der Waals surface area contributed by atoms with Gasteiger partial charge < -0.3 is 24.5 Å². The molecule has 2 spiro atoms. The summed E-state index contributed by atoms with van der Waals surface area (Å²) in [4.78, 5) is 26.8. The van der Waals surface area contributed by atoms with E-state index in [-0.39, 0.29) is 22.9 Å². The van der Waals surface area contributed by atoms with E-state index in [1.165, 1.54) is 31.4 Å². The molecule has 2 aromatic carbocycles. The van der Waals surface area contributed by atoms with Gasteiger partial charge in [0.05, 0.1) is 29.4 Å². The van der Waals surface area contributed by atoms with Crippen molar-refractivity contribution in [2.24, 2.45) is 17.9 Å². The summed E-state index contributed by atoms with van der Waals surface area (Å²) in [6, 6.07) is 17.2. The van der Waals surface area contributed by atoms with Crippen molar-refractivity contribution in [3.8, 4) is 17.2 Å². The van der Waals surface area contributed by atoms with E-state index in [1.54, 1.807) is 37.1 Å². The lowest BCUT2D eigenvalue weighted by Gasteiger charge is -2.52. The number of likely N-dealkylation sites (tertiary alicyclic amines) is 1. The number of halogens is 3. The predicted molar refractivity (Wildman–Crippen MR) is 276 cm³/mol. The van der Waals surface area contributed by atoms with Crippen LogP contribution < -0.4 is 19.6 Å². The van der Waals surface area contributed by atoms with E-state index in [2.05, 4.69) is 59.4 Å². The number of hydrogen-bond acceptors (Lipinski definition) is 11. The van der Waals surface area contributed by atoms with Crippen LogP contribution in [0.25, 0.3) is 11.1 Å². The van der Waals surface area contributed by atoms with Crippen LogP contribution in [0.3, 0.4) is 0 Å². The number of benzene rings is 2. The molecule has 0 unspecified atom stereocenters. The lowest BCUT2D eigenvalue weighted by atomic mass is 9.66. The molecule has 1 aliphatic carbocycles. The molecule has 378 valence electrons. The third-order valence-electron chi connectivity index (χ3n) is 18.3. The monoisotopic (exact) mass is 998 g/mol. The Morgan fingerprint density at radius 2 is 1.61 bits per heavy atom. The first-order valence-electron chi connectivity index (χ1n) is 26.5. The summed E-state index contributed by atoms with van der Waals surface area (Å²) in [5.41, 5.74) is 7.59. The zero-order valence-electron chi connectivity index (χ0n) is 41.9. The summed E-state index contributed by atoms with van der Waals surface area (Å²) < 4.78 is 33.6. The number of aryl methyl sites for hydroxylation is 2. The van der Waals surface area contributed by atoms with Gasteiger partial charge in [0.2, 0.25) is 5.91 Å². The fraction of sp³-hybridized carbons (Fsp3) is 0.564. The normalized spacial score (nSPS) is 22.4. The summed E-state index contributed by atoms with van der Waals surface area (Å²) in [7, 11) is 1.80. The molecule has 0 radical (unpaired) electrons. The van der Waals surface area contributed by atoms with Crippen molar-refractivity contribution in [3.63, 3.8) is 0 Å². The first kappa shape index (κ1) is 47.2. The number of fused-ring (bicyclic) bond motifs is 2. The molecule has 5 fully saturated rings. The Bertz CT molecular complexity index is 2880. The van der Waals surface area contributed by atoms with Crippen molar-refractivity contribution >= 4 is 46.3 Å². The second-order valence-electron chi connectivity index (χ2n) is 22.4.